The zero-order valence-corrected chi connectivity index (χ0v) is 6.59. The molecule has 2 nitrogen and oxygen atoms in total. The van der Waals surface area contributed by atoms with Crippen molar-refractivity contribution in [1.82, 2.24) is 4.90 Å². The summed E-state index contributed by atoms with van der Waals surface area (Å²) in [7, 11) is 0. The first-order chi connectivity index (χ1) is 4.22. The average Bonchev–Trinajstić information content (AvgIpc) is 1.82. The molecule has 0 aliphatic rings. The van der Waals surface area contributed by atoms with Crippen molar-refractivity contribution < 1.29 is 5.11 Å². The first-order valence-electron chi connectivity index (χ1n) is 3.64. The second-order valence-electron chi connectivity index (χ2n) is 2.26. The molecule has 9 heavy (non-hydrogen) atoms. The predicted octanol–water partition coefficient (Wildman–Crippen LogP) is 1.06. The first-order valence-corrected chi connectivity index (χ1v) is 3.64. The summed E-state index contributed by atoms with van der Waals surface area (Å²) in [5.74, 6) is 0. The number of aliphatic hydroxyl groups excluding tert-OH is 1. The summed E-state index contributed by atoms with van der Waals surface area (Å²) >= 11 is 0. The third-order valence-electron chi connectivity index (χ3n) is 1.45. The summed E-state index contributed by atoms with van der Waals surface area (Å²) in [4.78, 5) is 2.03. The molecule has 0 heterocycles. The SMILES string of the molecule is CCCN(CC)C(C)O. The van der Waals surface area contributed by atoms with Gasteiger partial charge in [0.2, 0.25) is 0 Å². The zero-order valence-electron chi connectivity index (χ0n) is 6.59. The summed E-state index contributed by atoms with van der Waals surface area (Å²) in [6.07, 6.45) is 0.827. The maximum absolute atomic E-state index is 9.07. The lowest BCUT2D eigenvalue weighted by molar-refractivity contribution is 0.0227. The standard InChI is InChI=1S/C7H17NO/c1-4-6-8(5-2)7(3)9/h7,9H,4-6H2,1-3H3. The molecule has 0 aromatic rings. The third kappa shape index (κ3) is 3.49. The van der Waals surface area contributed by atoms with Crippen LogP contribution in [-0.4, -0.2) is 29.3 Å². The average molecular weight is 131 g/mol. The van der Waals surface area contributed by atoms with E-state index < -0.39 is 0 Å². The Kier molecular flexibility index (Phi) is 4.72. The fourth-order valence-corrected chi connectivity index (χ4v) is 0.896. The van der Waals surface area contributed by atoms with Gasteiger partial charge in [0.15, 0.2) is 0 Å². The number of hydrogen-bond donors (Lipinski definition) is 1. The minimum atomic E-state index is -0.282. The predicted molar refractivity (Wildman–Crippen MR) is 39.2 cm³/mol. The number of hydrogen-bond acceptors (Lipinski definition) is 2. The van der Waals surface area contributed by atoms with Crippen molar-refractivity contribution in [3.63, 3.8) is 0 Å². The molecular weight excluding hydrogens is 114 g/mol. The smallest absolute Gasteiger partial charge is 0.104 e. The van der Waals surface area contributed by atoms with Gasteiger partial charge < -0.3 is 5.11 Å². The van der Waals surface area contributed by atoms with E-state index in [0.717, 1.165) is 19.5 Å². The van der Waals surface area contributed by atoms with Crippen LogP contribution in [0.1, 0.15) is 27.2 Å². The van der Waals surface area contributed by atoms with E-state index in [9.17, 15) is 0 Å². The van der Waals surface area contributed by atoms with E-state index >= 15 is 0 Å². The lowest BCUT2D eigenvalue weighted by atomic mass is 10.4. The Labute approximate surface area is 57.5 Å². The molecule has 0 aromatic carbocycles. The second-order valence-corrected chi connectivity index (χ2v) is 2.26. The number of rotatable bonds is 4. The third-order valence-corrected chi connectivity index (χ3v) is 1.45. The second kappa shape index (κ2) is 4.77. The van der Waals surface area contributed by atoms with Gasteiger partial charge >= 0.3 is 0 Å². The molecule has 0 amide bonds. The van der Waals surface area contributed by atoms with Gasteiger partial charge in [0, 0.05) is 6.54 Å². The molecule has 0 radical (unpaired) electrons. The van der Waals surface area contributed by atoms with Crippen LogP contribution >= 0.6 is 0 Å². The van der Waals surface area contributed by atoms with Crippen LogP contribution in [0.2, 0.25) is 0 Å². The zero-order chi connectivity index (χ0) is 7.28. The normalized spacial score (nSPS) is 14.3. The molecule has 0 fully saturated rings. The molecule has 0 rings (SSSR count). The molecule has 0 aromatic heterocycles. The van der Waals surface area contributed by atoms with Crippen LogP contribution in [0, 0.1) is 0 Å². The van der Waals surface area contributed by atoms with Crippen LogP contribution in [0.5, 0.6) is 0 Å². The van der Waals surface area contributed by atoms with Crippen LogP contribution in [0.4, 0.5) is 0 Å². The van der Waals surface area contributed by atoms with Crippen LogP contribution in [0.3, 0.4) is 0 Å². The Morgan fingerprint density at radius 1 is 1.44 bits per heavy atom. The Bertz CT molecular complexity index is 63.9. The number of nitrogens with zero attached hydrogens (tertiary/aromatic N) is 1. The fourth-order valence-electron chi connectivity index (χ4n) is 0.896. The maximum atomic E-state index is 9.07. The van der Waals surface area contributed by atoms with Crippen LogP contribution < -0.4 is 0 Å². The van der Waals surface area contributed by atoms with Gasteiger partial charge in [0.1, 0.15) is 6.23 Å². The molecule has 0 bridgehead atoms. The highest BCUT2D eigenvalue weighted by Gasteiger charge is 2.04. The van der Waals surface area contributed by atoms with Crippen molar-refractivity contribution in [1.29, 1.82) is 0 Å². The van der Waals surface area contributed by atoms with Gasteiger partial charge in [-0.25, -0.2) is 0 Å². The Balaban J connectivity index is 3.41. The molecule has 1 atom stereocenters. The van der Waals surface area contributed by atoms with Gasteiger partial charge in [-0.15, -0.1) is 0 Å². The van der Waals surface area contributed by atoms with E-state index in [4.69, 9.17) is 5.11 Å². The highest BCUT2D eigenvalue weighted by molar-refractivity contribution is 4.52. The van der Waals surface area contributed by atoms with Crippen molar-refractivity contribution in [2.75, 3.05) is 13.1 Å². The summed E-state index contributed by atoms with van der Waals surface area (Å²) in [6, 6.07) is 0. The molecule has 0 saturated carbocycles. The van der Waals surface area contributed by atoms with Gasteiger partial charge in [-0.2, -0.15) is 0 Å². The van der Waals surface area contributed by atoms with Crippen molar-refractivity contribution >= 4 is 0 Å². The van der Waals surface area contributed by atoms with Crippen LogP contribution in [0.25, 0.3) is 0 Å². The molecule has 56 valence electrons. The number of aliphatic hydroxyl groups is 1. The van der Waals surface area contributed by atoms with Crippen molar-refractivity contribution in [2.24, 2.45) is 0 Å². The minimum Gasteiger partial charge on any atom is -0.379 e. The van der Waals surface area contributed by atoms with E-state index in [1.165, 1.54) is 0 Å². The Morgan fingerprint density at radius 2 is 2.00 bits per heavy atom. The van der Waals surface area contributed by atoms with Gasteiger partial charge in [-0.3, -0.25) is 4.90 Å². The summed E-state index contributed by atoms with van der Waals surface area (Å²) in [6.45, 7) is 7.91. The monoisotopic (exact) mass is 131 g/mol. The van der Waals surface area contributed by atoms with Gasteiger partial charge in [0.25, 0.3) is 0 Å². The van der Waals surface area contributed by atoms with E-state index in [2.05, 4.69) is 13.8 Å². The quantitative estimate of drug-likeness (QED) is 0.577. The summed E-state index contributed by atoms with van der Waals surface area (Å²) < 4.78 is 0. The van der Waals surface area contributed by atoms with Crippen molar-refractivity contribution in [3.8, 4) is 0 Å². The molecule has 0 aliphatic carbocycles. The molecule has 1 N–H and O–H groups in total. The highest BCUT2D eigenvalue weighted by Crippen LogP contribution is 1.94. The lowest BCUT2D eigenvalue weighted by Crippen LogP contribution is -2.33. The van der Waals surface area contributed by atoms with Crippen molar-refractivity contribution in [3.05, 3.63) is 0 Å². The summed E-state index contributed by atoms with van der Waals surface area (Å²) in [5, 5.41) is 9.07. The van der Waals surface area contributed by atoms with E-state index in [-0.39, 0.29) is 6.23 Å². The molecule has 1 unspecified atom stereocenters. The van der Waals surface area contributed by atoms with Crippen molar-refractivity contribution in [2.45, 2.75) is 33.4 Å². The lowest BCUT2D eigenvalue weighted by Gasteiger charge is -2.22. The van der Waals surface area contributed by atoms with E-state index in [1.807, 2.05) is 4.90 Å². The Morgan fingerprint density at radius 3 is 2.11 bits per heavy atom. The molecule has 2 heteroatoms. The summed E-state index contributed by atoms with van der Waals surface area (Å²) in [5.41, 5.74) is 0. The first kappa shape index (κ1) is 8.92. The minimum absolute atomic E-state index is 0.282. The van der Waals surface area contributed by atoms with E-state index in [1.54, 1.807) is 6.92 Å². The van der Waals surface area contributed by atoms with Gasteiger partial charge in [-0.1, -0.05) is 13.8 Å². The molecule has 0 aliphatic heterocycles. The van der Waals surface area contributed by atoms with Gasteiger partial charge in [-0.05, 0) is 19.9 Å². The topological polar surface area (TPSA) is 23.5 Å². The molecular formula is C7H17NO. The fraction of sp³-hybridized carbons (Fsp3) is 1.00. The maximum Gasteiger partial charge on any atom is 0.104 e. The molecule has 0 spiro atoms. The van der Waals surface area contributed by atoms with E-state index in [0.29, 0.717) is 0 Å². The highest BCUT2D eigenvalue weighted by atomic mass is 16.3. The van der Waals surface area contributed by atoms with Crippen LogP contribution in [-0.2, 0) is 0 Å². The van der Waals surface area contributed by atoms with Crippen LogP contribution in [0.15, 0.2) is 0 Å². The van der Waals surface area contributed by atoms with Gasteiger partial charge in [0.05, 0.1) is 0 Å². The molecule has 0 saturated heterocycles. The Hall–Kier alpha value is -0.0800. The largest absolute Gasteiger partial charge is 0.379 e.